The van der Waals surface area contributed by atoms with E-state index >= 15 is 0 Å². The lowest BCUT2D eigenvalue weighted by Crippen LogP contribution is -2.07. The Hall–Kier alpha value is -2.64. The molecule has 0 unspecified atom stereocenters. The molecule has 0 bridgehead atoms. The molecule has 3 rings (SSSR count). The minimum Gasteiger partial charge on any atom is -0.496 e. The highest BCUT2D eigenvalue weighted by molar-refractivity contribution is 9.11. The van der Waals surface area contributed by atoms with Gasteiger partial charge in [-0.05, 0) is 87.0 Å². The Balaban J connectivity index is 2.10. The first kappa shape index (κ1) is 26.0. The monoisotopic (exact) mass is 588 g/mol. The van der Waals surface area contributed by atoms with Crippen molar-refractivity contribution < 1.29 is 24.2 Å². The van der Waals surface area contributed by atoms with E-state index in [2.05, 4.69) is 31.9 Å². The molecule has 3 aromatic rings. The Labute approximate surface area is 216 Å². The van der Waals surface area contributed by atoms with Crippen molar-refractivity contribution in [3.63, 3.8) is 0 Å². The van der Waals surface area contributed by atoms with Gasteiger partial charge in [0.1, 0.15) is 11.5 Å². The van der Waals surface area contributed by atoms with Crippen LogP contribution in [0.4, 0.5) is 0 Å². The SMILES string of the molecule is COc1cc(C(=O)c2cccc(C)c2)c(Oc2c(Br)cc(CCC(=O)O)cc2Br)cc1C(C)C. The zero-order chi connectivity index (χ0) is 25.0. The van der Waals surface area contributed by atoms with E-state index in [9.17, 15) is 9.59 Å². The zero-order valence-electron chi connectivity index (χ0n) is 19.4. The van der Waals surface area contributed by atoms with E-state index in [0.29, 0.717) is 43.7 Å². The van der Waals surface area contributed by atoms with E-state index in [1.165, 1.54) is 0 Å². The summed E-state index contributed by atoms with van der Waals surface area (Å²) in [4.78, 5) is 24.5. The van der Waals surface area contributed by atoms with E-state index in [0.717, 1.165) is 16.7 Å². The van der Waals surface area contributed by atoms with Crippen LogP contribution in [0.25, 0.3) is 0 Å². The number of carboxylic acids is 1. The van der Waals surface area contributed by atoms with E-state index in [4.69, 9.17) is 14.6 Å². The summed E-state index contributed by atoms with van der Waals surface area (Å²) >= 11 is 7.08. The van der Waals surface area contributed by atoms with Crippen LogP contribution in [0.1, 0.15) is 58.8 Å². The topological polar surface area (TPSA) is 72.8 Å². The maximum Gasteiger partial charge on any atom is 0.303 e. The summed E-state index contributed by atoms with van der Waals surface area (Å²) < 4.78 is 13.2. The van der Waals surface area contributed by atoms with Gasteiger partial charge in [-0.25, -0.2) is 0 Å². The van der Waals surface area contributed by atoms with Crippen LogP contribution in [-0.4, -0.2) is 24.0 Å². The van der Waals surface area contributed by atoms with Gasteiger partial charge in [0, 0.05) is 17.5 Å². The molecule has 0 atom stereocenters. The molecular weight excluding hydrogens is 564 g/mol. The zero-order valence-corrected chi connectivity index (χ0v) is 22.6. The van der Waals surface area contributed by atoms with Gasteiger partial charge in [-0.3, -0.25) is 9.59 Å². The standard InChI is InChI=1S/C27H26Br2O5/c1-15(2)19-13-24(34-27-21(28)11-17(12-22(27)29)8-9-25(30)31)20(14-23(19)33-4)26(32)18-7-5-6-16(3)10-18/h5-7,10-15H,8-9H2,1-4H3,(H,30,31). The fraction of sp³-hybridized carbons (Fsp3) is 0.259. The van der Waals surface area contributed by atoms with Crippen molar-refractivity contribution in [2.45, 2.75) is 39.5 Å². The number of ether oxygens (including phenoxy) is 2. The molecule has 0 fully saturated rings. The average Bonchev–Trinajstić information content (AvgIpc) is 2.79. The van der Waals surface area contributed by atoms with Crippen LogP contribution in [0.2, 0.25) is 0 Å². The number of hydrogen-bond acceptors (Lipinski definition) is 4. The minimum absolute atomic E-state index is 0.0322. The third kappa shape index (κ3) is 6.07. The molecule has 0 amide bonds. The van der Waals surface area contributed by atoms with Gasteiger partial charge in [-0.1, -0.05) is 37.6 Å². The second-order valence-electron chi connectivity index (χ2n) is 8.33. The predicted molar refractivity (Wildman–Crippen MR) is 140 cm³/mol. The fourth-order valence-electron chi connectivity index (χ4n) is 3.62. The molecule has 0 aromatic heterocycles. The second-order valence-corrected chi connectivity index (χ2v) is 10.0. The lowest BCUT2D eigenvalue weighted by molar-refractivity contribution is -0.136. The molecule has 0 saturated carbocycles. The molecule has 0 heterocycles. The Bertz CT molecular complexity index is 1210. The van der Waals surface area contributed by atoms with Gasteiger partial charge in [-0.15, -0.1) is 0 Å². The summed E-state index contributed by atoms with van der Waals surface area (Å²) in [6, 6.07) is 14.7. The number of rotatable bonds is 9. The highest BCUT2D eigenvalue weighted by Crippen LogP contribution is 2.42. The van der Waals surface area contributed by atoms with E-state index in [-0.39, 0.29) is 18.1 Å². The first-order valence-corrected chi connectivity index (χ1v) is 12.4. The molecule has 178 valence electrons. The molecule has 0 saturated heterocycles. The van der Waals surface area contributed by atoms with Gasteiger partial charge in [0.05, 0.1) is 21.6 Å². The molecule has 7 heteroatoms. The average molecular weight is 590 g/mol. The number of halogens is 2. The number of carbonyl (C=O) groups is 2. The first-order chi connectivity index (χ1) is 16.1. The van der Waals surface area contributed by atoms with Crippen LogP contribution in [0.15, 0.2) is 57.5 Å². The predicted octanol–water partition coefficient (Wildman–Crippen LogP) is 7.69. The Kier molecular flexibility index (Phi) is 8.55. The molecule has 34 heavy (non-hydrogen) atoms. The molecule has 0 aliphatic rings. The molecular formula is C27H26Br2O5. The molecule has 0 aliphatic heterocycles. The quantitative estimate of drug-likeness (QED) is 0.259. The van der Waals surface area contributed by atoms with Crippen LogP contribution >= 0.6 is 31.9 Å². The number of hydrogen-bond donors (Lipinski definition) is 1. The van der Waals surface area contributed by atoms with E-state index in [1.54, 1.807) is 19.2 Å². The maximum absolute atomic E-state index is 13.5. The smallest absolute Gasteiger partial charge is 0.303 e. The number of aryl methyl sites for hydroxylation is 2. The first-order valence-electron chi connectivity index (χ1n) is 10.8. The summed E-state index contributed by atoms with van der Waals surface area (Å²) in [6.45, 7) is 6.04. The number of carboxylic acid groups (broad SMARTS) is 1. The highest BCUT2D eigenvalue weighted by Gasteiger charge is 2.22. The second kappa shape index (κ2) is 11.2. The van der Waals surface area contributed by atoms with Gasteiger partial charge in [0.15, 0.2) is 11.5 Å². The summed E-state index contributed by atoms with van der Waals surface area (Å²) in [5.74, 6) is 0.656. The Morgan fingerprint density at radius 3 is 2.24 bits per heavy atom. The van der Waals surface area contributed by atoms with E-state index < -0.39 is 5.97 Å². The van der Waals surface area contributed by atoms with Crippen LogP contribution in [0.5, 0.6) is 17.2 Å². The van der Waals surface area contributed by atoms with Crippen molar-refractivity contribution >= 4 is 43.6 Å². The van der Waals surface area contributed by atoms with Gasteiger partial charge in [0.25, 0.3) is 0 Å². The maximum atomic E-state index is 13.5. The Morgan fingerprint density at radius 2 is 1.68 bits per heavy atom. The van der Waals surface area contributed by atoms with Gasteiger partial charge < -0.3 is 14.6 Å². The van der Waals surface area contributed by atoms with Crippen molar-refractivity contribution in [3.8, 4) is 17.2 Å². The van der Waals surface area contributed by atoms with Crippen molar-refractivity contribution in [1.82, 2.24) is 0 Å². The molecule has 5 nitrogen and oxygen atoms in total. The number of ketones is 1. The van der Waals surface area contributed by atoms with Crippen molar-refractivity contribution in [1.29, 1.82) is 0 Å². The van der Waals surface area contributed by atoms with Crippen LogP contribution in [0, 0.1) is 6.92 Å². The number of methoxy groups -OCH3 is 1. The number of benzene rings is 3. The van der Waals surface area contributed by atoms with Gasteiger partial charge in [-0.2, -0.15) is 0 Å². The third-order valence-electron chi connectivity index (χ3n) is 5.38. The van der Waals surface area contributed by atoms with Crippen molar-refractivity contribution in [3.05, 3.63) is 85.3 Å². The molecule has 3 aromatic carbocycles. The molecule has 0 aliphatic carbocycles. The summed E-state index contributed by atoms with van der Waals surface area (Å²) in [5.41, 5.74) is 3.71. The third-order valence-corrected chi connectivity index (χ3v) is 6.55. The normalized spacial score (nSPS) is 10.9. The highest BCUT2D eigenvalue weighted by atomic mass is 79.9. The van der Waals surface area contributed by atoms with Crippen LogP contribution < -0.4 is 9.47 Å². The minimum atomic E-state index is -0.855. The molecule has 1 N–H and O–H groups in total. The number of carbonyl (C=O) groups excluding carboxylic acids is 1. The van der Waals surface area contributed by atoms with E-state index in [1.807, 2.05) is 57.2 Å². The number of aliphatic carboxylic acids is 1. The lowest BCUT2D eigenvalue weighted by Gasteiger charge is -2.19. The Morgan fingerprint density at radius 1 is 1.00 bits per heavy atom. The summed E-state index contributed by atoms with van der Waals surface area (Å²) in [6.07, 6.45) is 0.425. The van der Waals surface area contributed by atoms with Crippen LogP contribution in [0.3, 0.4) is 0 Å². The molecule has 0 radical (unpaired) electrons. The van der Waals surface area contributed by atoms with Gasteiger partial charge >= 0.3 is 5.97 Å². The molecule has 0 spiro atoms. The largest absolute Gasteiger partial charge is 0.496 e. The van der Waals surface area contributed by atoms with Gasteiger partial charge in [0.2, 0.25) is 0 Å². The lowest BCUT2D eigenvalue weighted by atomic mass is 9.95. The summed E-state index contributed by atoms with van der Waals surface area (Å²) in [7, 11) is 1.59. The summed E-state index contributed by atoms with van der Waals surface area (Å²) in [5, 5.41) is 8.98. The van der Waals surface area contributed by atoms with Crippen molar-refractivity contribution in [2.24, 2.45) is 0 Å². The fourth-order valence-corrected chi connectivity index (χ4v) is 5.07. The van der Waals surface area contributed by atoms with Crippen molar-refractivity contribution in [2.75, 3.05) is 7.11 Å². The van der Waals surface area contributed by atoms with Crippen LogP contribution in [-0.2, 0) is 11.2 Å².